The molecule has 0 N–H and O–H groups in total. The molecule has 0 aliphatic heterocycles. The van der Waals surface area contributed by atoms with Crippen LogP contribution in [0, 0.1) is 0 Å². The minimum absolute atomic E-state index is 0.584. The summed E-state index contributed by atoms with van der Waals surface area (Å²) in [6.07, 6.45) is 2.24. The number of methoxy groups -OCH3 is 1. The van der Waals surface area contributed by atoms with Crippen molar-refractivity contribution in [1.29, 1.82) is 0 Å². The molecule has 1 rings (SSSR count). The molecule has 0 saturated heterocycles. The molecule has 0 spiro atoms. The molecule has 13 heavy (non-hydrogen) atoms. The topological polar surface area (TPSA) is 9.23 Å². The van der Waals surface area contributed by atoms with E-state index in [0.717, 1.165) is 18.6 Å². The van der Waals surface area contributed by atoms with Gasteiger partial charge in [0.05, 0.1) is 7.11 Å². The minimum atomic E-state index is 0.584. The van der Waals surface area contributed by atoms with Gasteiger partial charge in [-0.1, -0.05) is 35.0 Å². The average molecular weight is 243 g/mol. The second-order valence-electron chi connectivity index (χ2n) is 3.06. The van der Waals surface area contributed by atoms with Crippen molar-refractivity contribution < 1.29 is 4.74 Å². The molecule has 0 radical (unpaired) electrons. The predicted molar refractivity (Wildman–Crippen MR) is 59.7 cm³/mol. The van der Waals surface area contributed by atoms with Crippen LogP contribution in [0.2, 0.25) is 0 Å². The molecule has 0 aromatic heterocycles. The van der Waals surface area contributed by atoms with Gasteiger partial charge < -0.3 is 4.74 Å². The maximum Gasteiger partial charge on any atom is 0.118 e. The van der Waals surface area contributed by atoms with Crippen LogP contribution in [0.25, 0.3) is 0 Å². The highest BCUT2D eigenvalue weighted by atomic mass is 79.9. The lowest BCUT2D eigenvalue weighted by Gasteiger charge is -2.07. The van der Waals surface area contributed by atoms with E-state index in [4.69, 9.17) is 4.74 Å². The fourth-order valence-electron chi connectivity index (χ4n) is 1.16. The van der Waals surface area contributed by atoms with Gasteiger partial charge in [0.2, 0.25) is 0 Å². The number of hydrogen-bond donors (Lipinski definition) is 0. The Balaban J connectivity index is 2.58. The molecule has 0 aliphatic carbocycles. The van der Waals surface area contributed by atoms with Gasteiger partial charge in [-0.2, -0.15) is 0 Å². The van der Waals surface area contributed by atoms with Crippen LogP contribution in [-0.2, 0) is 6.42 Å². The molecule has 72 valence electrons. The number of alkyl halides is 1. The van der Waals surface area contributed by atoms with Crippen molar-refractivity contribution in [3.05, 3.63) is 29.8 Å². The third kappa shape index (κ3) is 3.39. The summed E-state index contributed by atoms with van der Waals surface area (Å²) in [5, 5.41) is 0. The van der Waals surface area contributed by atoms with Crippen LogP contribution in [0.1, 0.15) is 18.9 Å². The zero-order chi connectivity index (χ0) is 9.68. The molecule has 0 bridgehead atoms. The number of halogens is 1. The Morgan fingerprint density at radius 3 is 2.38 bits per heavy atom. The van der Waals surface area contributed by atoms with Crippen molar-refractivity contribution in [3.63, 3.8) is 0 Å². The SMILES string of the molecule is CCC(Br)Cc1ccc(OC)cc1. The van der Waals surface area contributed by atoms with Crippen molar-refractivity contribution in [2.45, 2.75) is 24.6 Å². The van der Waals surface area contributed by atoms with Gasteiger partial charge in [0.25, 0.3) is 0 Å². The Morgan fingerprint density at radius 2 is 1.92 bits per heavy atom. The highest BCUT2D eigenvalue weighted by molar-refractivity contribution is 9.09. The van der Waals surface area contributed by atoms with Crippen molar-refractivity contribution in [1.82, 2.24) is 0 Å². The Morgan fingerprint density at radius 1 is 1.31 bits per heavy atom. The minimum Gasteiger partial charge on any atom is -0.497 e. The van der Waals surface area contributed by atoms with Crippen LogP contribution >= 0.6 is 15.9 Å². The number of hydrogen-bond acceptors (Lipinski definition) is 1. The zero-order valence-electron chi connectivity index (χ0n) is 8.09. The first-order valence-corrected chi connectivity index (χ1v) is 5.44. The van der Waals surface area contributed by atoms with Crippen molar-refractivity contribution in [3.8, 4) is 5.75 Å². The smallest absolute Gasteiger partial charge is 0.118 e. The van der Waals surface area contributed by atoms with E-state index in [1.807, 2.05) is 12.1 Å². The normalized spacial score (nSPS) is 12.5. The first-order chi connectivity index (χ1) is 6.26. The fraction of sp³-hybridized carbons (Fsp3) is 0.455. The van der Waals surface area contributed by atoms with Gasteiger partial charge in [0.15, 0.2) is 0 Å². The van der Waals surface area contributed by atoms with E-state index in [1.54, 1.807) is 7.11 Å². The molecule has 0 saturated carbocycles. The summed E-state index contributed by atoms with van der Waals surface area (Å²) in [4.78, 5) is 0.584. The van der Waals surface area contributed by atoms with Gasteiger partial charge >= 0.3 is 0 Å². The van der Waals surface area contributed by atoms with Crippen molar-refractivity contribution in [2.24, 2.45) is 0 Å². The summed E-state index contributed by atoms with van der Waals surface area (Å²) in [6.45, 7) is 2.18. The fourth-order valence-corrected chi connectivity index (χ4v) is 1.54. The van der Waals surface area contributed by atoms with Crippen LogP contribution < -0.4 is 4.74 Å². The molecular weight excluding hydrogens is 228 g/mol. The van der Waals surface area contributed by atoms with E-state index < -0.39 is 0 Å². The number of rotatable bonds is 4. The Labute approximate surface area is 88.2 Å². The van der Waals surface area contributed by atoms with Crippen LogP contribution in [0.4, 0.5) is 0 Å². The van der Waals surface area contributed by atoms with Crippen LogP contribution in [0.5, 0.6) is 5.75 Å². The molecule has 2 heteroatoms. The maximum atomic E-state index is 5.09. The van der Waals surface area contributed by atoms with E-state index >= 15 is 0 Å². The Hall–Kier alpha value is -0.500. The molecule has 1 aromatic rings. The summed E-state index contributed by atoms with van der Waals surface area (Å²) in [5.74, 6) is 0.923. The third-order valence-electron chi connectivity index (χ3n) is 2.06. The lowest BCUT2D eigenvalue weighted by Crippen LogP contribution is -2.00. The summed E-state index contributed by atoms with van der Waals surface area (Å²) >= 11 is 3.62. The third-order valence-corrected chi connectivity index (χ3v) is 3.03. The second-order valence-corrected chi connectivity index (χ2v) is 4.35. The summed E-state index contributed by atoms with van der Waals surface area (Å²) < 4.78 is 5.09. The van der Waals surface area contributed by atoms with E-state index in [9.17, 15) is 0 Å². The Kier molecular flexibility index (Phi) is 4.29. The van der Waals surface area contributed by atoms with E-state index in [2.05, 4.69) is 35.0 Å². The highest BCUT2D eigenvalue weighted by Crippen LogP contribution is 2.16. The zero-order valence-corrected chi connectivity index (χ0v) is 9.67. The molecule has 0 amide bonds. The first kappa shape index (κ1) is 10.6. The lowest BCUT2D eigenvalue weighted by atomic mass is 10.1. The Bertz CT molecular complexity index is 243. The quantitative estimate of drug-likeness (QED) is 0.736. The van der Waals surface area contributed by atoms with E-state index in [-0.39, 0.29) is 0 Å². The van der Waals surface area contributed by atoms with Gasteiger partial charge in [-0.25, -0.2) is 0 Å². The largest absolute Gasteiger partial charge is 0.497 e. The van der Waals surface area contributed by atoms with Gasteiger partial charge in [-0.3, -0.25) is 0 Å². The number of benzene rings is 1. The predicted octanol–water partition coefficient (Wildman–Crippen LogP) is 3.41. The standard InChI is InChI=1S/C11H15BrO/c1-3-10(12)8-9-4-6-11(13-2)7-5-9/h4-7,10H,3,8H2,1-2H3. The molecule has 1 aromatic carbocycles. The summed E-state index contributed by atoms with van der Waals surface area (Å²) in [5.41, 5.74) is 1.35. The molecule has 1 atom stereocenters. The second kappa shape index (κ2) is 5.28. The molecule has 0 fully saturated rings. The molecular formula is C11H15BrO. The highest BCUT2D eigenvalue weighted by Gasteiger charge is 2.02. The van der Waals surface area contributed by atoms with Crippen molar-refractivity contribution >= 4 is 15.9 Å². The summed E-state index contributed by atoms with van der Waals surface area (Å²) in [7, 11) is 1.69. The molecule has 1 nitrogen and oxygen atoms in total. The van der Waals surface area contributed by atoms with Gasteiger partial charge in [0.1, 0.15) is 5.75 Å². The lowest BCUT2D eigenvalue weighted by molar-refractivity contribution is 0.414. The summed E-state index contributed by atoms with van der Waals surface area (Å²) in [6, 6.07) is 8.24. The molecule has 1 unspecified atom stereocenters. The number of ether oxygens (including phenoxy) is 1. The van der Waals surface area contributed by atoms with Crippen molar-refractivity contribution in [2.75, 3.05) is 7.11 Å². The molecule has 0 aliphatic rings. The van der Waals surface area contributed by atoms with E-state index in [0.29, 0.717) is 4.83 Å². The monoisotopic (exact) mass is 242 g/mol. The van der Waals surface area contributed by atoms with Gasteiger partial charge in [-0.15, -0.1) is 0 Å². The van der Waals surface area contributed by atoms with Gasteiger partial charge in [0, 0.05) is 4.83 Å². The maximum absolute atomic E-state index is 5.09. The molecule has 0 heterocycles. The van der Waals surface area contributed by atoms with Gasteiger partial charge in [-0.05, 0) is 30.5 Å². The van der Waals surface area contributed by atoms with Crippen LogP contribution in [0.3, 0.4) is 0 Å². The average Bonchev–Trinajstić information content (AvgIpc) is 2.19. The van der Waals surface area contributed by atoms with Crippen LogP contribution in [0.15, 0.2) is 24.3 Å². The first-order valence-electron chi connectivity index (χ1n) is 4.53. The van der Waals surface area contributed by atoms with E-state index in [1.165, 1.54) is 5.56 Å². The van der Waals surface area contributed by atoms with Crippen LogP contribution in [-0.4, -0.2) is 11.9 Å².